The van der Waals surface area contributed by atoms with Crippen molar-refractivity contribution in [3.63, 3.8) is 0 Å². The Bertz CT molecular complexity index is 644. The molecule has 6 heteroatoms. The van der Waals surface area contributed by atoms with Crippen LogP contribution in [0.5, 0.6) is 0 Å². The minimum absolute atomic E-state index is 0.105. The van der Waals surface area contributed by atoms with Crippen molar-refractivity contribution in [2.24, 2.45) is 0 Å². The zero-order valence-electron chi connectivity index (χ0n) is 12.4. The number of aryl methyl sites for hydroxylation is 1. The predicted molar refractivity (Wildman–Crippen MR) is 82.4 cm³/mol. The zero-order valence-corrected chi connectivity index (χ0v) is 12.4. The van der Waals surface area contributed by atoms with Crippen LogP contribution >= 0.6 is 0 Å². The molecule has 0 radical (unpaired) electrons. The molecule has 0 bridgehead atoms. The van der Waals surface area contributed by atoms with Gasteiger partial charge in [0, 0.05) is 37.6 Å². The first kappa shape index (κ1) is 14.9. The van der Waals surface area contributed by atoms with Crippen molar-refractivity contribution in [3.05, 3.63) is 58.5 Å². The molecule has 1 N–H and O–H groups in total. The smallest absolute Gasteiger partial charge is 0.250 e. The highest BCUT2D eigenvalue weighted by atomic mass is 16.5. The molecule has 3 heterocycles. The van der Waals surface area contributed by atoms with Crippen LogP contribution in [0.15, 0.2) is 41.6 Å². The number of aromatic amines is 1. The van der Waals surface area contributed by atoms with E-state index in [-0.39, 0.29) is 11.7 Å². The fourth-order valence-corrected chi connectivity index (χ4v) is 2.67. The van der Waals surface area contributed by atoms with E-state index in [9.17, 15) is 4.79 Å². The number of ether oxygens (including phenoxy) is 1. The van der Waals surface area contributed by atoms with Gasteiger partial charge in [-0.25, -0.2) is 4.98 Å². The van der Waals surface area contributed by atoms with Gasteiger partial charge in [-0.3, -0.25) is 14.7 Å². The average molecular weight is 300 g/mol. The fourth-order valence-electron chi connectivity index (χ4n) is 2.67. The lowest BCUT2D eigenvalue weighted by Crippen LogP contribution is -2.42. The molecule has 1 saturated heterocycles. The van der Waals surface area contributed by atoms with Gasteiger partial charge >= 0.3 is 0 Å². The molecule has 1 atom stereocenters. The Balaban J connectivity index is 1.51. The van der Waals surface area contributed by atoms with Crippen LogP contribution in [0.4, 0.5) is 0 Å². The SMILES string of the molecule is O=c1cc(CC[C@H]2CN(Cc3ccccn3)CCO2)nc[nH]1. The maximum Gasteiger partial charge on any atom is 0.250 e. The molecule has 2 aromatic heterocycles. The summed E-state index contributed by atoms with van der Waals surface area (Å²) in [5.74, 6) is 0. The summed E-state index contributed by atoms with van der Waals surface area (Å²) in [5, 5.41) is 0. The molecular formula is C16H20N4O2. The molecule has 116 valence electrons. The van der Waals surface area contributed by atoms with E-state index in [1.165, 1.54) is 6.33 Å². The molecule has 1 fully saturated rings. The summed E-state index contributed by atoms with van der Waals surface area (Å²) in [7, 11) is 0. The Morgan fingerprint density at radius 3 is 3.09 bits per heavy atom. The van der Waals surface area contributed by atoms with Gasteiger partial charge in [0.2, 0.25) is 0 Å². The van der Waals surface area contributed by atoms with Crippen LogP contribution in [0.2, 0.25) is 0 Å². The lowest BCUT2D eigenvalue weighted by molar-refractivity contribution is -0.0350. The maximum atomic E-state index is 11.3. The summed E-state index contributed by atoms with van der Waals surface area (Å²) in [6.45, 7) is 3.40. The Kier molecular flexibility index (Phi) is 4.92. The number of morpholine rings is 1. The first-order chi connectivity index (χ1) is 10.8. The topological polar surface area (TPSA) is 71.1 Å². The van der Waals surface area contributed by atoms with E-state index in [0.717, 1.165) is 50.5 Å². The number of nitrogens with zero attached hydrogens (tertiary/aromatic N) is 3. The van der Waals surface area contributed by atoms with Crippen LogP contribution in [0.1, 0.15) is 17.8 Å². The number of nitrogens with one attached hydrogen (secondary N) is 1. The largest absolute Gasteiger partial charge is 0.376 e. The lowest BCUT2D eigenvalue weighted by Gasteiger charge is -2.32. The third-order valence-corrected chi connectivity index (χ3v) is 3.79. The van der Waals surface area contributed by atoms with E-state index in [2.05, 4.69) is 19.9 Å². The first-order valence-corrected chi connectivity index (χ1v) is 7.57. The summed E-state index contributed by atoms with van der Waals surface area (Å²) < 4.78 is 5.82. The Morgan fingerprint density at radius 1 is 1.32 bits per heavy atom. The second kappa shape index (κ2) is 7.29. The maximum absolute atomic E-state index is 11.3. The van der Waals surface area contributed by atoms with E-state index in [1.807, 2.05) is 24.4 Å². The van der Waals surface area contributed by atoms with Crippen LogP contribution in [-0.2, 0) is 17.7 Å². The number of pyridine rings is 1. The minimum atomic E-state index is -0.105. The van der Waals surface area contributed by atoms with E-state index in [0.29, 0.717) is 0 Å². The van der Waals surface area contributed by atoms with Crippen LogP contribution in [0, 0.1) is 0 Å². The Morgan fingerprint density at radius 2 is 2.27 bits per heavy atom. The van der Waals surface area contributed by atoms with Gasteiger partial charge in [-0.2, -0.15) is 0 Å². The van der Waals surface area contributed by atoms with Crippen LogP contribution in [-0.4, -0.2) is 45.7 Å². The van der Waals surface area contributed by atoms with Crippen LogP contribution in [0.25, 0.3) is 0 Å². The predicted octanol–water partition coefficient (Wildman–Crippen LogP) is 0.998. The van der Waals surface area contributed by atoms with E-state index in [1.54, 1.807) is 6.07 Å². The van der Waals surface area contributed by atoms with Crippen LogP contribution < -0.4 is 5.56 Å². The monoisotopic (exact) mass is 300 g/mol. The van der Waals surface area contributed by atoms with E-state index in [4.69, 9.17) is 4.74 Å². The molecule has 0 spiro atoms. The third-order valence-electron chi connectivity index (χ3n) is 3.79. The summed E-state index contributed by atoms with van der Waals surface area (Å²) in [6, 6.07) is 7.54. The van der Waals surface area contributed by atoms with Crippen molar-refractivity contribution >= 4 is 0 Å². The molecule has 0 unspecified atom stereocenters. The minimum Gasteiger partial charge on any atom is -0.376 e. The second-order valence-electron chi connectivity index (χ2n) is 5.49. The second-order valence-corrected chi connectivity index (χ2v) is 5.49. The molecule has 22 heavy (non-hydrogen) atoms. The number of hydrogen-bond donors (Lipinski definition) is 1. The molecular weight excluding hydrogens is 280 g/mol. The highest BCUT2D eigenvalue weighted by Crippen LogP contribution is 2.13. The van der Waals surface area contributed by atoms with Gasteiger partial charge in [-0.05, 0) is 25.0 Å². The number of hydrogen-bond acceptors (Lipinski definition) is 5. The number of rotatable bonds is 5. The molecule has 0 saturated carbocycles. The summed E-state index contributed by atoms with van der Waals surface area (Å²) >= 11 is 0. The molecule has 3 rings (SSSR count). The molecule has 0 amide bonds. The summed E-state index contributed by atoms with van der Waals surface area (Å²) in [5.41, 5.74) is 1.79. The van der Waals surface area contributed by atoms with E-state index >= 15 is 0 Å². The van der Waals surface area contributed by atoms with Crippen molar-refractivity contribution in [1.82, 2.24) is 19.9 Å². The Labute approximate surface area is 129 Å². The van der Waals surface area contributed by atoms with Gasteiger partial charge in [0.15, 0.2) is 0 Å². The molecule has 2 aromatic rings. The standard InChI is InChI=1S/C16H20N4O2/c21-16-9-13(18-12-19-16)4-5-15-11-20(7-8-22-15)10-14-3-1-2-6-17-14/h1-3,6,9,12,15H,4-5,7-8,10-11H2,(H,18,19,21)/t15-/m0/s1. The lowest BCUT2D eigenvalue weighted by atomic mass is 10.1. The number of H-pyrrole nitrogens is 1. The van der Waals surface area contributed by atoms with Gasteiger partial charge in [0.05, 0.1) is 24.7 Å². The van der Waals surface area contributed by atoms with Crippen molar-refractivity contribution in [3.8, 4) is 0 Å². The van der Waals surface area contributed by atoms with Crippen molar-refractivity contribution in [2.45, 2.75) is 25.5 Å². The summed E-state index contributed by atoms with van der Waals surface area (Å²) in [4.78, 5) is 24.7. The molecule has 0 aromatic carbocycles. The summed E-state index contributed by atoms with van der Waals surface area (Å²) in [6.07, 6.45) is 5.08. The van der Waals surface area contributed by atoms with Gasteiger partial charge in [0.25, 0.3) is 5.56 Å². The van der Waals surface area contributed by atoms with E-state index < -0.39 is 0 Å². The van der Waals surface area contributed by atoms with Crippen LogP contribution in [0.3, 0.4) is 0 Å². The van der Waals surface area contributed by atoms with Crippen molar-refractivity contribution < 1.29 is 4.74 Å². The highest BCUT2D eigenvalue weighted by molar-refractivity contribution is 5.03. The van der Waals surface area contributed by atoms with Gasteiger partial charge < -0.3 is 9.72 Å². The quantitative estimate of drug-likeness (QED) is 0.892. The molecule has 6 nitrogen and oxygen atoms in total. The van der Waals surface area contributed by atoms with Gasteiger partial charge in [-0.1, -0.05) is 6.07 Å². The molecule has 1 aliphatic rings. The average Bonchev–Trinajstić information content (AvgIpc) is 2.54. The third kappa shape index (κ3) is 4.22. The Hall–Kier alpha value is -2.05. The fraction of sp³-hybridized carbons (Fsp3) is 0.438. The zero-order chi connectivity index (χ0) is 15.2. The van der Waals surface area contributed by atoms with Crippen molar-refractivity contribution in [2.75, 3.05) is 19.7 Å². The van der Waals surface area contributed by atoms with Gasteiger partial charge in [0.1, 0.15) is 0 Å². The molecule has 0 aliphatic carbocycles. The van der Waals surface area contributed by atoms with Gasteiger partial charge in [-0.15, -0.1) is 0 Å². The highest BCUT2D eigenvalue weighted by Gasteiger charge is 2.20. The normalized spacial score (nSPS) is 19.2. The molecule has 1 aliphatic heterocycles. The number of aromatic nitrogens is 3. The first-order valence-electron chi connectivity index (χ1n) is 7.57. The van der Waals surface area contributed by atoms with Crippen molar-refractivity contribution in [1.29, 1.82) is 0 Å².